The Bertz CT molecular complexity index is 620. The van der Waals surface area contributed by atoms with Crippen LogP contribution in [0.25, 0.3) is 0 Å². The summed E-state index contributed by atoms with van der Waals surface area (Å²) >= 11 is 5.86. The van der Waals surface area contributed by atoms with E-state index in [1.807, 2.05) is 20.2 Å². The summed E-state index contributed by atoms with van der Waals surface area (Å²) in [5.41, 5.74) is 1.53. The number of alkyl halides is 3. The maximum absolute atomic E-state index is 12.5. The zero-order valence-corrected chi connectivity index (χ0v) is 11.7. The molecule has 0 aliphatic carbocycles. The van der Waals surface area contributed by atoms with Crippen molar-refractivity contribution in [3.05, 3.63) is 46.2 Å². The Hall–Kier alpha value is -1.69. The number of anilines is 1. The lowest BCUT2D eigenvalue weighted by Gasteiger charge is -2.11. The van der Waals surface area contributed by atoms with Crippen molar-refractivity contribution in [1.82, 2.24) is 9.78 Å². The fraction of sp³-hybridized carbons (Fsp3) is 0.308. The molecule has 0 unspecified atom stereocenters. The minimum atomic E-state index is -4.39. The molecule has 7 heteroatoms. The lowest BCUT2D eigenvalue weighted by molar-refractivity contribution is -0.137. The fourth-order valence-corrected chi connectivity index (χ4v) is 2.09. The van der Waals surface area contributed by atoms with Gasteiger partial charge in [0, 0.05) is 25.4 Å². The molecular weight excluding hydrogens is 291 g/mol. The number of hydrogen-bond donors (Lipinski definition) is 1. The molecule has 0 atom stereocenters. The number of nitrogens with one attached hydrogen (secondary N) is 1. The third-order valence-electron chi connectivity index (χ3n) is 2.88. The molecule has 0 radical (unpaired) electrons. The van der Waals surface area contributed by atoms with Crippen molar-refractivity contribution in [3.63, 3.8) is 0 Å². The van der Waals surface area contributed by atoms with Gasteiger partial charge in [-0.15, -0.1) is 0 Å². The van der Waals surface area contributed by atoms with Crippen LogP contribution in [-0.2, 0) is 19.8 Å². The van der Waals surface area contributed by atoms with Crippen LogP contribution in [0.15, 0.2) is 24.4 Å². The molecule has 0 spiro atoms. The standard InChI is InChI=1S/C13H13ClF3N3/c1-8-9(7-20(2)19-8)6-18-12-4-3-10(5-11(12)14)13(15,16)17/h3-5,7,18H,6H2,1-2H3. The maximum Gasteiger partial charge on any atom is 0.416 e. The normalized spacial score (nSPS) is 11.7. The minimum absolute atomic E-state index is 0.0429. The zero-order valence-electron chi connectivity index (χ0n) is 10.9. The smallest absolute Gasteiger partial charge is 0.380 e. The van der Waals surface area contributed by atoms with Gasteiger partial charge < -0.3 is 5.32 Å². The number of halogens is 4. The highest BCUT2D eigenvalue weighted by atomic mass is 35.5. The molecule has 1 heterocycles. The molecular formula is C13H13ClF3N3. The SMILES string of the molecule is Cc1nn(C)cc1CNc1ccc(C(F)(F)F)cc1Cl. The molecule has 0 saturated heterocycles. The van der Waals surface area contributed by atoms with Gasteiger partial charge in [0.05, 0.1) is 22.0 Å². The Balaban J connectivity index is 2.13. The van der Waals surface area contributed by atoms with E-state index in [4.69, 9.17) is 11.6 Å². The summed E-state index contributed by atoms with van der Waals surface area (Å²) in [5.74, 6) is 0. The largest absolute Gasteiger partial charge is 0.416 e. The lowest BCUT2D eigenvalue weighted by Crippen LogP contribution is -2.06. The van der Waals surface area contributed by atoms with Crippen molar-refractivity contribution in [2.75, 3.05) is 5.32 Å². The van der Waals surface area contributed by atoms with Gasteiger partial charge in [-0.3, -0.25) is 4.68 Å². The first-order chi connectivity index (χ1) is 9.27. The molecule has 0 aliphatic rings. The van der Waals surface area contributed by atoms with Gasteiger partial charge in [-0.25, -0.2) is 0 Å². The number of hydrogen-bond acceptors (Lipinski definition) is 2. The van der Waals surface area contributed by atoms with Gasteiger partial charge in [0.15, 0.2) is 0 Å². The maximum atomic E-state index is 12.5. The first-order valence-electron chi connectivity index (χ1n) is 5.87. The molecule has 2 aromatic rings. The predicted molar refractivity (Wildman–Crippen MR) is 71.7 cm³/mol. The third-order valence-corrected chi connectivity index (χ3v) is 3.19. The Morgan fingerprint density at radius 3 is 2.55 bits per heavy atom. The molecule has 108 valence electrons. The first kappa shape index (κ1) is 14.7. The summed E-state index contributed by atoms with van der Waals surface area (Å²) < 4.78 is 39.2. The second-order valence-electron chi connectivity index (χ2n) is 4.46. The van der Waals surface area contributed by atoms with Gasteiger partial charge in [0.2, 0.25) is 0 Å². The topological polar surface area (TPSA) is 29.9 Å². The fourth-order valence-electron chi connectivity index (χ4n) is 1.85. The number of benzene rings is 1. The van der Waals surface area contributed by atoms with Crippen molar-refractivity contribution in [2.24, 2.45) is 7.05 Å². The Morgan fingerprint density at radius 2 is 2.05 bits per heavy atom. The zero-order chi connectivity index (χ0) is 14.9. The van der Waals surface area contributed by atoms with Crippen LogP contribution in [0.4, 0.5) is 18.9 Å². The molecule has 1 aromatic heterocycles. The van der Waals surface area contributed by atoms with Crippen LogP contribution in [0.3, 0.4) is 0 Å². The van der Waals surface area contributed by atoms with Crippen molar-refractivity contribution in [3.8, 4) is 0 Å². The van der Waals surface area contributed by atoms with Crippen LogP contribution >= 0.6 is 11.6 Å². The third kappa shape index (κ3) is 3.25. The Labute approximate surface area is 119 Å². The number of rotatable bonds is 3. The molecule has 0 saturated carbocycles. The van der Waals surface area contributed by atoms with E-state index in [-0.39, 0.29) is 5.02 Å². The summed E-state index contributed by atoms with van der Waals surface area (Å²) in [7, 11) is 1.81. The Morgan fingerprint density at radius 1 is 1.35 bits per heavy atom. The molecule has 0 fully saturated rings. The first-order valence-corrected chi connectivity index (χ1v) is 6.25. The molecule has 0 amide bonds. The van der Waals surface area contributed by atoms with E-state index >= 15 is 0 Å². The van der Waals surface area contributed by atoms with Gasteiger partial charge in [0.25, 0.3) is 0 Å². The van der Waals surface area contributed by atoms with Crippen molar-refractivity contribution >= 4 is 17.3 Å². The molecule has 0 aliphatic heterocycles. The highest BCUT2D eigenvalue weighted by Crippen LogP contribution is 2.33. The highest BCUT2D eigenvalue weighted by molar-refractivity contribution is 6.33. The van der Waals surface area contributed by atoms with Crippen LogP contribution in [0.2, 0.25) is 5.02 Å². The van der Waals surface area contributed by atoms with Gasteiger partial charge in [-0.1, -0.05) is 11.6 Å². The quantitative estimate of drug-likeness (QED) is 0.928. The molecule has 20 heavy (non-hydrogen) atoms. The van der Waals surface area contributed by atoms with Crippen LogP contribution in [0, 0.1) is 6.92 Å². The molecule has 0 bridgehead atoms. The average Bonchev–Trinajstić information content (AvgIpc) is 2.65. The Kier molecular flexibility index (Phi) is 3.94. The number of nitrogens with zero attached hydrogens (tertiary/aromatic N) is 2. The monoisotopic (exact) mass is 303 g/mol. The summed E-state index contributed by atoms with van der Waals surface area (Å²) in [4.78, 5) is 0. The molecule has 3 nitrogen and oxygen atoms in total. The second kappa shape index (κ2) is 5.36. The van der Waals surface area contributed by atoms with Crippen LogP contribution in [0.5, 0.6) is 0 Å². The highest BCUT2D eigenvalue weighted by Gasteiger charge is 2.30. The van der Waals surface area contributed by atoms with Crippen molar-refractivity contribution < 1.29 is 13.2 Å². The molecule has 1 aromatic carbocycles. The van der Waals surface area contributed by atoms with Crippen molar-refractivity contribution in [2.45, 2.75) is 19.6 Å². The summed E-state index contributed by atoms with van der Waals surface area (Å²) in [6.07, 6.45) is -2.54. The van der Waals surface area contributed by atoms with Crippen LogP contribution in [-0.4, -0.2) is 9.78 Å². The van der Waals surface area contributed by atoms with Gasteiger partial charge in [0.1, 0.15) is 0 Å². The number of aryl methyl sites for hydroxylation is 2. The predicted octanol–water partition coefficient (Wildman–Crippen LogP) is 4.01. The summed E-state index contributed by atoms with van der Waals surface area (Å²) in [5, 5.41) is 7.24. The van der Waals surface area contributed by atoms with E-state index in [0.717, 1.165) is 23.4 Å². The molecule has 2 rings (SSSR count). The van der Waals surface area contributed by atoms with E-state index in [1.165, 1.54) is 6.07 Å². The van der Waals surface area contributed by atoms with Crippen LogP contribution in [0.1, 0.15) is 16.8 Å². The second-order valence-corrected chi connectivity index (χ2v) is 4.87. The summed E-state index contributed by atoms with van der Waals surface area (Å²) in [6.45, 7) is 2.32. The summed E-state index contributed by atoms with van der Waals surface area (Å²) in [6, 6.07) is 3.25. The number of aromatic nitrogens is 2. The van der Waals surface area contributed by atoms with E-state index in [1.54, 1.807) is 4.68 Å². The van der Waals surface area contributed by atoms with E-state index in [2.05, 4.69) is 10.4 Å². The average molecular weight is 304 g/mol. The molecule has 1 N–H and O–H groups in total. The van der Waals surface area contributed by atoms with Gasteiger partial charge in [-0.2, -0.15) is 18.3 Å². The van der Waals surface area contributed by atoms with Gasteiger partial charge >= 0.3 is 6.18 Å². The van der Waals surface area contributed by atoms with Crippen molar-refractivity contribution in [1.29, 1.82) is 0 Å². The van der Waals surface area contributed by atoms with Crippen LogP contribution < -0.4 is 5.32 Å². The lowest BCUT2D eigenvalue weighted by atomic mass is 10.2. The van der Waals surface area contributed by atoms with Gasteiger partial charge in [-0.05, 0) is 25.1 Å². The van der Waals surface area contributed by atoms with E-state index < -0.39 is 11.7 Å². The minimum Gasteiger partial charge on any atom is -0.380 e. The van der Waals surface area contributed by atoms with E-state index in [9.17, 15) is 13.2 Å². The van der Waals surface area contributed by atoms with E-state index in [0.29, 0.717) is 12.2 Å².